The van der Waals surface area contributed by atoms with Crippen molar-refractivity contribution in [3.63, 3.8) is 0 Å². The van der Waals surface area contributed by atoms with Crippen molar-refractivity contribution < 1.29 is 13.2 Å². The van der Waals surface area contributed by atoms with E-state index in [1.807, 2.05) is 0 Å². The molecule has 0 heterocycles. The minimum absolute atomic E-state index is 0.235. The normalized spacial score (nSPS) is 12.0. The van der Waals surface area contributed by atoms with E-state index in [4.69, 9.17) is 11.6 Å². The molecule has 0 aliphatic rings. The summed E-state index contributed by atoms with van der Waals surface area (Å²) in [6, 6.07) is 12.7. The maximum Gasteiger partial charge on any atom is 0.271 e. The largest absolute Gasteiger partial charge is 0.271 e. The number of rotatable bonds is 4. The molecule has 2 aromatic carbocycles. The van der Waals surface area contributed by atoms with Gasteiger partial charge in [0.05, 0.1) is 10.6 Å². The Balaban J connectivity index is 2.10. The van der Waals surface area contributed by atoms with Crippen LogP contribution in [0.15, 0.2) is 58.5 Å². The van der Waals surface area contributed by atoms with Crippen molar-refractivity contribution in [3.05, 3.63) is 64.7 Å². The van der Waals surface area contributed by atoms with E-state index in [2.05, 4.69) is 10.5 Å². The predicted octanol–water partition coefficient (Wildman–Crippen LogP) is 2.90. The molecule has 5 nitrogen and oxygen atoms in total. The van der Waals surface area contributed by atoms with Crippen LogP contribution in [0.2, 0.25) is 5.02 Å². The van der Waals surface area contributed by atoms with Gasteiger partial charge in [0.25, 0.3) is 5.91 Å². The first kappa shape index (κ1) is 17.2. The minimum atomic E-state index is -3.23. The van der Waals surface area contributed by atoms with Gasteiger partial charge in [0.1, 0.15) is 0 Å². The van der Waals surface area contributed by atoms with Gasteiger partial charge in [-0.05, 0) is 48.9 Å². The van der Waals surface area contributed by atoms with Gasteiger partial charge in [0.15, 0.2) is 9.84 Å². The Morgan fingerprint density at radius 3 is 2.04 bits per heavy atom. The smallest absolute Gasteiger partial charge is 0.267 e. The second-order valence-corrected chi connectivity index (χ2v) is 7.39. The fourth-order valence-electron chi connectivity index (χ4n) is 1.81. The van der Waals surface area contributed by atoms with Crippen LogP contribution in [0.25, 0.3) is 0 Å². The molecule has 0 unspecified atom stereocenters. The van der Waals surface area contributed by atoms with Gasteiger partial charge in [-0.3, -0.25) is 4.79 Å². The Bertz CT molecular complexity index is 842. The fraction of sp³-hybridized carbons (Fsp3) is 0.125. The van der Waals surface area contributed by atoms with Crippen LogP contribution in [0.5, 0.6) is 0 Å². The molecule has 0 aliphatic carbocycles. The van der Waals surface area contributed by atoms with Gasteiger partial charge in [-0.2, -0.15) is 5.10 Å². The van der Waals surface area contributed by atoms with E-state index in [-0.39, 0.29) is 10.8 Å². The number of nitrogens with one attached hydrogen (secondary N) is 1. The van der Waals surface area contributed by atoms with Gasteiger partial charge < -0.3 is 0 Å². The van der Waals surface area contributed by atoms with Crippen LogP contribution in [0.1, 0.15) is 22.8 Å². The molecule has 0 aromatic heterocycles. The average Bonchev–Trinajstić information content (AvgIpc) is 2.52. The van der Waals surface area contributed by atoms with Crippen LogP contribution in [-0.2, 0) is 9.84 Å². The van der Waals surface area contributed by atoms with Crippen molar-refractivity contribution in [2.45, 2.75) is 11.8 Å². The molecule has 0 bridgehead atoms. The number of amides is 1. The number of benzene rings is 2. The zero-order valence-electron chi connectivity index (χ0n) is 12.6. The number of nitrogens with zero attached hydrogens (tertiary/aromatic N) is 1. The first-order valence-corrected chi connectivity index (χ1v) is 8.95. The third-order valence-corrected chi connectivity index (χ3v) is 4.51. The quantitative estimate of drug-likeness (QED) is 0.680. The second-order valence-electron chi connectivity index (χ2n) is 4.94. The standard InChI is InChI=1S/C16H15ClN2O3S/c1-11(12-5-9-15(10-6-12)23(2,21)22)18-19-16(20)13-3-7-14(17)8-4-13/h3-10H,1-2H3,(H,19,20)/b18-11-. The van der Waals surface area contributed by atoms with Crippen molar-refractivity contribution in [3.8, 4) is 0 Å². The summed E-state index contributed by atoms with van der Waals surface area (Å²) in [7, 11) is -3.23. The number of sulfone groups is 1. The third-order valence-electron chi connectivity index (χ3n) is 3.13. The van der Waals surface area contributed by atoms with Gasteiger partial charge in [-0.1, -0.05) is 23.7 Å². The highest BCUT2D eigenvalue weighted by Crippen LogP contribution is 2.11. The van der Waals surface area contributed by atoms with E-state index < -0.39 is 9.84 Å². The number of hydrogen-bond donors (Lipinski definition) is 1. The maximum absolute atomic E-state index is 11.9. The Labute approximate surface area is 139 Å². The molecule has 0 atom stereocenters. The molecule has 0 saturated heterocycles. The molecular weight excluding hydrogens is 336 g/mol. The van der Waals surface area contributed by atoms with Gasteiger partial charge in [-0.15, -0.1) is 0 Å². The highest BCUT2D eigenvalue weighted by molar-refractivity contribution is 7.90. The molecular formula is C16H15ClN2O3S. The van der Waals surface area contributed by atoms with Gasteiger partial charge >= 0.3 is 0 Å². The monoisotopic (exact) mass is 350 g/mol. The molecule has 0 radical (unpaired) electrons. The van der Waals surface area contributed by atoms with Gasteiger partial charge in [0.2, 0.25) is 0 Å². The molecule has 0 fully saturated rings. The predicted molar refractivity (Wildman–Crippen MR) is 90.7 cm³/mol. The lowest BCUT2D eigenvalue weighted by Gasteiger charge is -2.04. The molecule has 7 heteroatoms. The van der Waals surface area contributed by atoms with Crippen molar-refractivity contribution >= 4 is 33.1 Å². The first-order valence-electron chi connectivity index (χ1n) is 6.68. The van der Waals surface area contributed by atoms with Gasteiger partial charge in [0, 0.05) is 16.8 Å². The van der Waals surface area contributed by atoms with E-state index in [0.717, 1.165) is 6.26 Å². The number of hydrazone groups is 1. The minimum Gasteiger partial charge on any atom is -0.267 e. The summed E-state index contributed by atoms with van der Waals surface area (Å²) >= 11 is 5.77. The van der Waals surface area contributed by atoms with Crippen LogP contribution in [0.4, 0.5) is 0 Å². The topological polar surface area (TPSA) is 75.6 Å². The molecule has 0 aliphatic heterocycles. The molecule has 0 spiro atoms. The lowest BCUT2D eigenvalue weighted by atomic mass is 10.1. The fourth-order valence-corrected chi connectivity index (χ4v) is 2.56. The summed E-state index contributed by atoms with van der Waals surface area (Å²) in [5.41, 5.74) is 4.17. The maximum atomic E-state index is 11.9. The van der Waals surface area contributed by atoms with E-state index in [9.17, 15) is 13.2 Å². The highest BCUT2D eigenvalue weighted by Gasteiger charge is 2.08. The number of halogens is 1. The van der Waals surface area contributed by atoms with Crippen molar-refractivity contribution in [2.24, 2.45) is 5.10 Å². The molecule has 120 valence electrons. The summed E-state index contributed by atoms with van der Waals surface area (Å²) in [6.07, 6.45) is 1.15. The third kappa shape index (κ3) is 4.64. The lowest BCUT2D eigenvalue weighted by molar-refractivity contribution is 0.0955. The summed E-state index contributed by atoms with van der Waals surface area (Å²) < 4.78 is 22.8. The van der Waals surface area contributed by atoms with Crippen molar-refractivity contribution in [1.82, 2.24) is 5.43 Å². The molecule has 2 rings (SSSR count). The molecule has 1 amide bonds. The van der Waals surface area contributed by atoms with Crippen LogP contribution in [0.3, 0.4) is 0 Å². The zero-order valence-corrected chi connectivity index (χ0v) is 14.1. The molecule has 23 heavy (non-hydrogen) atoms. The highest BCUT2D eigenvalue weighted by atomic mass is 35.5. The average molecular weight is 351 g/mol. The second kappa shape index (κ2) is 6.93. The molecule has 0 saturated carbocycles. The Kier molecular flexibility index (Phi) is 5.18. The summed E-state index contributed by atoms with van der Waals surface area (Å²) in [5, 5.41) is 4.57. The number of carbonyl (C=O) groups is 1. The van der Waals surface area contributed by atoms with Crippen molar-refractivity contribution in [2.75, 3.05) is 6.26 Å². The van der Waals surface area contributed by atoms with E-state index >= 15 is 0 Å². The van der Waals surface area contributed by atoms with Crippen LogP contribution in [0, 0.1) is 0 Å². The van der Waals surface area contributed by atoms with E-state index in [0.29, 0.717) is 21.9 Å². The van der Waals surface area contributed by atoms with E-state index in [1.165, 1.54) is 12.1 Å². The number of hydrogen-bond acceptors (Lipinski definition) is 4. The van der Waals surface area contributed by atoms with Gasteiger partial charge in [-0.25, -0.2) is 13.8 Å². The summed E-state index contributed by atoms with van der Waals surface area (Å²) in [6.45, 7) is 1.72. The Morgan fingerprint density at radius 2 is 1.52 bits per heavy atom. The zero-order chi connectivity index (χ0) is 17.0. The van der Waals surface area contributed by atoms with Crippen molar-refractivity contribution in [1.29, 1.82) is 0 Å². The first-order chi connectivity index (χ1) is 10.8. The Morgan fingerprint density at radius 1 is 1.00 bits per heavy atom. The SMILES string of the molecule is C/C(=N/NC(=O)c1ccc(Cl)cc1)c1ccc(S(C)(=O)=O)cc1. The molecule has 2 aromatic rings. The van der Waals surface area contributed by atoms with Crippen LogP contribution >= 0.6 is 11.6 Å². The Hall–Kier alpha value is -2.18. The van der Waals surface area contributed by atoms with Crippen LogP contribution in [-0.4, -0.2) is 26.3 Å². The van der Waals surface area contributed by atoms with E-state index in [1.54, 1.807) is 43.3 Å². The van der Waals surface area contributed by atoms with Crippen LogP contribution < -0.4 is 5.43 Å². The lowest BCUT2D eigenvalue weighted by Crippen LogP contribution is -2.19. The molecule has 1 N–H and O–H groups in total. The number of carbonyl (C=O) groups excluding carboxylic acids is 1. The summed E-state index contributed by atoms with van der Waals surface area (Å²) in [4.78, 5) is 12.2. The summed E-state index contributed by atoms with van der Waals surface area (Å²) in [5.74, 6) is -0.353.